The molecule has 0 unspecified atom stereocenters. The second kappa shape index (κ2) is 6.89. The molecule has 7 heteroatoms. The van der Waals surface area contributed by atoms with Crippen LogP contribution in [0.15, 0.2) is 34.8 Å². The predicted molar refractivity (Wildman–Crippen MR) is 84.1 cm³/mol. The van der Waals surface area contributed by atoms with Gasteiger partial charge in [0.25, 0.3) is 5.91 Å². The third-order valence-corrected chi connectivity index (χ3v) is 3.47. The van der Waals surface area contributed by atoms with Crippen molar-refractivity contribution in [3.8, 4) is 5.75 Å². The zero-order chi connectivity index (χ0) is 15.4. The van der Waals surface area contributed by atoms with Crippen molar-refractivity contribution in [3.63, 3.8) is 0 Å². The van der Waals surface area contributed by atoms with Crippen LogP contribution in [0.4, 0.5) is 0 Å². The van der Waals surface area contributed by atoms with Gasteiger partial charge in [-0.15, -0.1) is 0 Å². The van der Waals surface area contributed by atoms with Gasteiger partial charge in [0.05, 0.1) is 10.7 Å². The van der Waals surface area contributed by atoms with E-state index in [0.29, 0.717) is 16.5 Å². The normalized spacial score (nSPS) is 10.3. The molecule has 1 amide bonds. The number of amides is 1. The molecule has 2 aromatic rings. The van der Waals surface area contributed by atoms with Crippen LogP contribution in [0, 0.1) is 6.92 Å². The second-order valence-electron chi connectivity index (χ2n) is 4.31. The molecule has 0 aliphatic heterocycles. The minimum Gasteiger partial charge on any atom is -0.485 e. The van der Waals surface area contributed by atoms with E-state index in [-0.39, 0.29) is 12.3 Å². The second-order valence-corrected chi connectivity index (χ2v) is 5.63. The monoisotopic (exact) mass is 369 g/mol. The highest BCUT2D eigenvalue weighted by atomic mass is 79.9. The van der Waals surface area contributed by atoms with Crippen molar-refractivity contribution in [2.45, 2.75) is 13.5 Å². The summed E-state index contributed by atoms with van der Waals surface area (Å²) in [7, 11) is 0. The maximum absolute atomic E-state index is 11.4. The van der Waals surface area contributed by atoms with Crippen LogP contribution in [0.25, 0.3) is 0 Å². The number of aryl methyl sites for hydroxylation is 1. The topological polar surface area (TPSA) is 77.2 Å². The molecule has 1 aromatic carbocycles. The lowest BCUT2D eigenvalue weighted by Gasteiger charge is -2.11. The standard InChI is InChI=1S/C14H13BrClN3O2/c1-8-5-9(15)6-11(16)13(8)21-7-10-3-2-4-12(18-10)14(20)19-17/h2-6H,7,17H2,1H3,(H,19,20). The zero-order valence-corrected chi connectivity index (χ0v) is 13.5. The molecule has 5 nitrogen and oxygen atoms in total. The Morgan fingerprint density at radius 3 is 2.90 bits per heavy atom. The number of benzene rings is 1. The first kappa shape index (κ1) is 15.8. The number of carbonyl (C=O) groups excluding carboxylic acids is 1. The minimum atomic E-state index is -0.449. The Morgan fingerprint density at radius 2 is 2.24 bits per heavy atom. The number of hydrogen-bond donors (Lipinski definition) is 2. The molecule has 21 heavy (non-hydrogen) atoms. The molecular weight excluding hydrogens is 358 g/mol. The first-order valence-electron chi connectivity index (χ1n) is 6.06. The van der Waals surface area contributed by atoms with Crippen molar-refractivity contribution in [2.24, 2.45) is 5.84 Å². The number of halogens is 2. The number of ether oxygens (including phenoxy) is 1. The number of nitrogens with two attached hydrogens (primary N) is 1. The van der Waals surface area contributed by atoms with E-state index in [9.17, 15) is 4.79 Å². The quantitative estimate of drug-likeness (QED) is 0.493. The van der Waals surface area contributed by atoms with Crippen LogP contribution in [0.1, 0.15) is 21.7 Å². The van der Waals surface area contributed by atoms with Crippen LogP contribution in [0.3, 0.4) is 0 Å². The van der Waals surface area contributed by atoms with Gasteiger partial charge in [-0.2, -0.15) is 0 Å². The summed E-state index contributed by atoms with van der Waals surface area (Å²) in [6.45, 7) is 2.10. The van der Waals surface area contributed by atoms with Crippen LogP contribution in [-0.4, -0.2) is 10.9 Å². The van der Waals surface area contributed by atoms with Crippen LogP contribution in [0.5, 0.6) is 5.75 Å². The lowest BCUT2D eigenvalue weighted by Crippen LogP contribution is -2.30. The van der Waals surface area contributed by atoms with Crippen molar-refractivity contribution < 1.29 is 9.53 Å². The molecule has 2 rings (SSSR count). The molecule has 0 aliphatic carbocycles. The first-order valence-corrected chi connectivity index (χ1v) is 7.23. The number of nitrogens with zero attached hydrogens (tertiary/aromatic N) is 1. The van der Waals surface area contributed by atoms with Gasteiger partial charge in [-0.1, -0.05) is 33.6 Å². The van der Waals surface area contributed by atoms with E-state index in [1.807, 2.05) is 18.4 Å². The van der Waals surface area contributed by atoms with Gasteiger partial charge in [0.15, 0.2) is 0 Å². The van der Waals surface area contributed by atoms with E-state index in [0.717, 1.165) is 10.0 Å². The summed E-state index contributed by atoms with van der Waals surface area (Å²) in [4.78, 5) is 15.6. The van der Waals surface area contributed by atoms with Crippen molar-refractivity contribution in [1.29, 1.82) is 0 Å². The molecule has 0 atom stereocenters. The summed E-state index contributed by atoms with van der Waals surface area (Å²) < 4.78 is 6.58. The maximum atomic E-state index is 11.4. The third kappa shape index (κ3) is 3.93. The molecule has 0 saturated heterocycles. The fourth-order valence-electron chi connectivity index (χ4n) is 1.78. The SMILES string of the molecule is Cc1cc(Br)cc(Cl)c1OCc1cccc(C(=O)NN)n1. The largest absolute Gasteiger partial charge is 0.485 e. The average Bonchev–Trinajstić information content (AvgIpc) is 2.45. The van der Waals surface area contributed by atoms with Gasteiger partial charge in [0.2, 0.25) is 0 Å². The third-order valence-electron chi connectivity index (χ3n) is 2.73. The smallest absolute Gasteiger partial charge is 0.283 e. The molecule has 1 heterocycles. The number of aromatic nitrogens is 1. The van der Waals surface area contributed by atoms with E-state index >= 15 is 0 Å². The number of rotatable bonds is 4. The van der Waals surface area contributed by atoms with Crippen molar-refractivity contribution >= 4 is 33.4 Å². The summed E-state index contributed by atoms with van der Waals surface area (Å²) >= 11 is 9.52. The first-order chi connectivity index (χ1) is 10.0. The number of nitrogens with one attached hydrogen (secondary N) is 1. The molecule has 110 valence electrons. The van der Waals surface area contributed by atoms with E-state index in [2.05, 4.69) is 20.9 Å². The Balaban J connectivity index is 2.15. The van der Waals surface area contributed by atoms with Crippen LogP contribution >= 0.6 is 27.5 Å². The van der Waals surface area contributed by atoms with Crippen LogP contribution in [0.2, 0.25) is 5.02 Å². The molecule has 1 aromatic heterocycles. The molecule has 0 bridgehead atoms. The number of hydrogen-bond acceptors (Lipinski definition) is 4. The molecule has 0 radical (unpaired) electrons. The lowest BCUT2D eigenvalue weighted by molar-refractivity contribution is 0.0948. The summed E-state index contributed by atoms with van der Waals surface area (Å²) in [5, 5.41) is 0.512. The number of pyridine rings is 1. The summed E-state index contributed by atoms with van der Waals surface area (Å²) in [6.07, 6.45) is 0. The van der Waals surface area contributed by atoms with Gasteiger partial charge in [-0.3, -0.25) is 10.2 Å². The highest BCUT2D eigenvalue weighted by Crippen LogP contribution is 2.32. The number of nitrogen functional groups attached to an aromatic ring is 1. The Morgan fingerprint density at radius 1 is 1.48 bits per heavy atom. The Kier molecular flexibility index (Phi) is 5.17. The molecule has 0 aliphatic rings. The summed E-state index contributed by atoms with van der Waals surface area (Å²) in [5.74, 6) is 5.22. The average molecular weight is 371 g/mol. The van der Waals surface area contributed by atoms with E-state index in [4.69, 9.17) is 22.2 Å². The zero-order valence-electron chi connectivity index (χ0n) is 11.2. The fraction of sp³-hybridized carbons (Fsp3) is 0.143. The highest BCUT2D eigenvalue weighted by molar-refractivity contribution is 9.10. The number of hydrazine groups is 1. The molecule has 0 spiro atoms. The van der Waals surface area contributed by atoms with Crippen LogP contribution < -0.4 is 16.0 Å². The van der Waals surface area contributed by atoms with Crippen LogP contribution in [-0.2, 0) is 6.61 Å². The molecule has 3 N–H and O–H groups in total. The van der Waals surface area contributed by atoms with Gasteiger partial charge in [0, 0.05) is 4.47 Å². The van der Waals surface area contributed by atoms with E-state index in [1.54, 1.807) is 24.3 Å². The number of carbonyl (C=O) groups is 1. The predicted octanol–water partition coefficient (Wildman–Crippen LogP) is 2.99. The molecule has 0 saturated carbocycles. The van der Waals surface area contributed by atoms with E-state index in [1.165, 1.54) is 0 Å². The maximum Gasteiger partial charge on any atom is 0.283 e. The van der Waals surface area contributed by atoms with E-state index < -0.39 is 5.91 Å². The Hall–Kier alpha value is -1.63. The van der Waals surface area contributed by atoms with Crippen molar-refractivity contribution in [3.05, 3.63) is 56.8 Å². The fourth-order valence-corrected chi connectivity index (χ4v) is 2.80. The molecular formula is C14H13BrClN3O2. The lowest BCUT2D eigenvalue weighted by atomic mass is 10.2. The summed E-state index contributed by atoms with van der Waals surface area (Å²) in [6, 6.07) is 8.72. The Labute approximate surface area is 135 Å². The van der Waals surface area contributed by atoms with Crippen molar-refractivity contribution in [2.75, 3.05) is 0 Å². The molecule has 0 fully saturated rings. The summed E-state index contributed by atoms with van der Waals surface area (Å²) in [5.41, 5.74) is 3.79. The van der Waals surface area contributed by atoms with Gasteiger partial charge in [0.1, 0.15) is 18.1 Å². The van der Waals surface area contributed by atoms with Gasteiger partial charge < -0.3 is 4.74 Å². The van der Waals surface area contributed by atoms with Gasteiger partial charge in [-0.05, 0) is 36.8 Å². The van der Waals surface area contributed by atoms with Gasteiger partial charge in [-0.25, -0.2) is 10.8 Å². The van der Waals surface area contributed by atoms with Gasteiger partial charge >= 0.3 is 0 Å². The Bertz CT molecular complexity index is 656. The minimum absolute atomic E-state index is 0.202. The van der Waals surface area contributed by atoms with Crippen molar-refractivity contribution in [1.82, 2.24) is 10.4 Å². The highest BCUT2D eigenvalue weighted by Gasteiger charge is 2.10.